The molecule has 0 aromatic rings. The molecule has 1 saturated carbocycles. The Morgan fingerprint density at radius 1 is 0.850 bits per heavy atom. The predicted molar refractivity (Wildman–Crippen MR) is 83.1 cm³/mol. The summed E-state index contributed by atoms with van der Waals surface area (Å²) in [7, 11) is 3.57. The van der Waals surface area contributed by atoms with Crippen LogP contribution in [-0.2, 0) is 14.2 Å². The predicted octanol–water partition coefficient (Wildman–Crippen LogP) is 4.05. The van der Waals surface area contributed by atoms with Crippen LogP contribution in [0.5, 0.6) is 0 Å². The normalized spacial score (nSPS) is 17.2. The highest BCUT2D eigenvalue weighted by Crippen LogP contribution is 2.44. The van der Waals surface area contributed by atoms with E-state index in [4.69, 9.17) is 14.2 Å². The molecule has 3 nitrogen and oxygen atoms in total. The van der Waals surface area contributed by atoms with Gasteiger partial charge in [0.25, 0.3) is 0 Å². The second kappa shape index (κ2) is 8.35. The molecule has 0 saturated heterocycles. The van der Waals surface area contributed by atoms with Crippen LogP contribution < -0.4 is 0 Å². The van der Waals surface area contributed by atoms with Crippen LogP contribution in [0.15, 0.2) is 0 Å². The van der Waals surface area contributed by atoms with Gasteiger partial charge in [-0.15, -0.1) is 0 Å². The smallest absolute Gasteiger partial charge is 0.0675 e. The van der Waals surface area contributed by atoms with E-state index in [0.717, 1.165) is 39.1 Å². The lowest BCUT2D eigenvalue weighted by atomic mass is 9.66. The van der Waals surface area contributed by atoms with E-state index in [0.29, 0.717) is 5.92 Å². The van der Waals surface area contributed by atoms with Crippen LogP contribution in [0.1, 0.15) is 59.3 Å². The number of hydrogen-bond donors (Lipinski definition) is 0. The van der Waals surface area contributed by atoms with E-state index in [9.17, 15) is 0 Å². The minimum Gasteiger partial charge on any atom is -0.384 e. The van der Waals surface area contributed by atoms with E-state index in [1.807, 2.05) is 0 Å². The van der Waals surface area contributed by atoms with E-state index >= 15 is 0 Å². The van der Waals surface area contributed by atoms with Crippen LogP contribution in [0.3, 0.4) is 0 Å². The van der Waals surface area contributed by atoms with Crippen molar-refractivity contribution < 1.29 is 14.2 Å². The lowest BCUT2D eigenvalue weighted by Crippen LogP contribution is -2.48. The Hall–Kier alpha value is -0.120. The summed E-state index contributed by atoms with van der Waals surface area (Å²) >= 11 is 0. The Morgan fingerprint density at radius 2 is 1.35 bits per heavy atom. The summed E-state index contributed by atoms with van der Waals surface area (Å²) in [5.74, 6) is 0.686. The zero-order valence-corrected chi connectivity index (χ0v) is 14.2. The Bertz CT molecular complexity index is 243. The van der Waals surface area contributed by atoms with E-state index in [1.54, 1.807) is 14.2 Å². The number of methoxy groups -OCH3 is 2. The van der Waals surface area contributed by atoms with Gasteiger partial charge in [0.2, 0.25) is 0 Å². The number of rotatable bonds is 11. The van der Waals surface area contributed by atoms with Crippen molar-refractivity contribution >= 4 is 0 Å². The Morgan fingerprint density at radius 3 is 1.65 bits per heavy atom. The third-order valence-corrected chi connectivity index (χ3v) is 5.43. The second-order valence-electron chi connectivity index (χ2n) is 6.39. The van der Waals surface area contributed by atoms with Gasteiger partial charge >= 0.3 is 0 Å². The summed E-state index contributed by atoms with van der Waals surface area (Å²) in [6.07, 6.45) is 7.11. The molecule has 0 spiro atoms. The maximum atomic E-state index is 6.44. The fraction of sp³-hybridized carbons (Fsp3) is 1.00. The van der Waals surface area contributed by atoms with Crippen molar-refractivity contribution in [1.82, 2.24) is 0 Å². The van der Waals surface area contributed by atoms with Gasteiger partial charge < -0.3 is 14.2 Å². The van der Waals surface area contributed by atoms with Gasteiger partial charge in [-0.05, 0) is 38.0 Å². The highest BCUT2D eigenvalue weighted by atomic mass is 16.5. The van der Waals surface area contributed by atoms with Crippen molar-refractivity contribution in [1.29, 1.82) is 0 Å². The molecule has 0 atom stereocenters. The van der Waals surface area contributed by atoms with Crippen LogP contribution in [0.4, 0.5) is 0 Å². The van der Waals surface area contributed by atoms with Gasteiger partial charge in [-0.2, -0.15) is 0 Å². The molecule has 1 fully saturated rings. The van der Waals surface area contributed by atoms with Gasteiger partial charge in [0.05, 0.1) is 25.4 Å². The van der Waals surface area contributed by atoms with E-state index in [1.165, 1.54) is 19.3 Å². The third-order valence-electron chi connectivity index (χ3n) is 5.43. The lowest BCUT2D eigenvalue weighted by molar-refractivity contribution is -0.150. The second-order valence-corrected chi connectivity index (χ2v) is 6.39. The van der Waals surface area contributed by atoms with Crippen molar-refractivity contribution in [3.63, 3.8) is 0 Å². The maximum absolute atomic E-state index is 6.44. The first-order chi connectivity index (χ1) is 9.62. The summed E-state index contributed by atoms with van der Waals surface area (Å²) in [5.41, 5.74) is 0.0585. The molecule has 0 aliphatic heterocycles. The first kappa shape index (κ1) is 17.9. The molecule has 1 aliphatic carbocycles. The molecule has 1 rings (SSSR count). The number of hydrogen-bond acceptors (Lipinski definition) is 3. The molecule has 0 aromatic heterocycles. The molecule has 0 bridgehead atoms. The summed E-state index contributed by atoms with van der Waals surface area (Å²) < 4.78 is 17.5. The molecule has 0 radical (unpaired) electrons. The van der Waals surface area contributed by atoms with Crippen molar-refractivity contribution in [2.24, 2.45) is 11.3 Å². The molecule has 120 valence electrons. The van der Waals surface area contributed by atoms with Crippen LogP contribution in [-0.4, -0.2) is 39.6 Å². The lowest BCUT2D eigenvalue weighted by Gasteiger charge is -2.46. The van der Waals surface area contributed by atoms with Gasteiger partial charge in [0.15, 0.2) is 0 Å². The van der Waals surface area contributed by atoms with Crippen LogP contribution >= 0.6 is 0 Å². The summed E-state index contributed by atoms with van der Waals surface area (Å²) in [6, 6.07) is 0. The fourth-order valence-corrected chi connectivity index (χ4v) is 3.43. The molecule has 0 unspecified atom stereocenters. The highest BCUT2D eigenvalue weighted by Gasteiger charge is 2.44. The van der Waals surface area contributed by atoms with Crippen LogP contribution in [0, 0.1) is 11.3 Å². The zero-order valence-electron chi connectivity index (χ0n) is 14.2. The topological polar surface area (TPSA) is 27.7 Å². The van der Waals surface area contributed by atoms with Crippen LogP contribution in [0.2, 0.25) is 0 Å². The SMILES string of the molecule is CCC(CC)(CC)OCC(COC)(COC)C1CCC1. The third kappa shape index (κ3) is 3.96. The maximum Gasteiger partial charge on any atom is 0.0675 e. The first-order valence-electron chi connectivity index (χ1n) is 8.23. The van der Waals surface area contributed by atoms with E-state index in [-0.39, 0.29) is 11.0 Å². The average molecular weight is 286 g/mol. The van der Waals surface area contributed by atoms with E-state index in [2.05, 4.69) is 20.8 Å². The summed E-state index contributed by atoms with van der Waals surface area (Å²) in [4.78, 5) is 0. The van der Waals surface area contributed by atoms with Crippen molar-refractivity contribution in [3.8, 4) is 0 Å². The minimum atomic E-state index is 0.0243. The quantitative estimate of drug-likeness (QED) is 0.573. The molecule has 20 heavy (non-hydrogen) atoms. The standard InChI is InChI=1S/C17H34O3/c1-6-17(7-2,8-3)20-14-16(12-18-4,13-19-5)15-10-9-11-15/h15H,6-14H2,1-5H3. The van der Waals surface area contributed by atoms with Gasteiger partial charge in [-0.3, -0.25) is 0 Å². The molecule has 0 N–H and O–H groups in total. The van der Waals surface area contributed by atoms with Crippen molar-refractivity contribution in [2.75, 3.05) is 34.0 Å². The average Bonchev–Trinajstić information content (AvgIpc) is 2.39. The fourth-order valence-electron chi connectivity index (χ4n) is 3.43. The van der Waals surface area contributed by atoms with Crippen LogP contribution in [0.25, 0.3) is 0 Å². The molecule has 3 heteroatoms. The largest absolute Gasteiger partial charge is 0.384 e. The molecular weight excluding hydrogens is 252 g/mol. The Kier molecular flexibility index (Phi) is 7.49. The molecular formula is C17H34O3. The van der Waals surface area contributed by atoms with Crippen molar-refractivity contribution in [2.45, 2.75) is 64.9 Å². The minimum absolute atomic E-state index is 0.0243. The first-order valence-corrected chi connectivity index (χ1v) is 8.23. The summed E-state index contributed by atoms with van der Waals surface area (Å²) in [6.45, 7) is 8.91. The summed E-state index contributed by atoms with van der Waals surface area (Å²) in [5, 5.41) is 0. The molecule has 0 amide bonds. The Balaban J connectivity index is 2.76. The number of ether oxygens (including phenoxy) is 3. The molecule has 1 aliphatic rings. The molecule has 0 heterocycles. The van der Waals surface area contributed by atoms with Gasteiger partial charge in [0, 0.05) is 19.6 Å². The van der Waals surface area contributed by atoms with Gasteiger partial charge in [-0.25, -0.2) is 0 Å². The zero-order chi connectivity index (χ0) is 15.1. The monoisotopic (exact) mass is 286 g/mol. The Labute approximate surface area is 125 Å². The highest BCUT2D eigenvalue weighted by molar-refractivity contribution is 4.92. The van der Waals surface area contributed by atoms with Crippen molar-refractivity contribution in [3.05, 3.63) is 0 Å². The van der Waals surface area contributed by atoms with Gasteiger partial charge in [0.1, 0.15) is 0 Å². The van der Waals surface area contributed by atoms with E-state index < -0.39 is 0 Å². The van der Waals surface area contributed by atoms with Gasteiger partial charge in [-0.1, -0.05) is 27.2 Å². The molecule has 0 aromatic carbocycles.